The number of rotatable bonds is 4. The molecule has 1 atom stereocenters. The summed E-state index contributed by atoms with van der Waals surface area (Å²) in [5, 5.41) is 3.10. The Labute approximate surface area is 130 Å². The normalized spacial score (nSPS) is 16.9. The molecule has 1 N–H and O–H groups in total. The van der Waals surface area contributed by atoms with Gasteiger partial charge in [-0.25, -0.2) is 4.39 Å². The Hall–Kier alpha value is -2.16. The number of carbonyl (C=O) groups excluding carboxylic acids is 1. The highest BCUT2D eigenvalue weighted by Gasteiger charge is 2.21. The van der Waals surface area contributed by atoms with Crippen LogP contribution >= 0.6 is 0 Å². The quantitative estimate of drug-likeness (QED) is 0.909. The molecule has 2 nitrogen and oxygen atoms in total. The lowest BCUT2D eigenvalue weighted by atomic mass is 9.87. The van der Waals surface area contributed by atoms with Gasteiger partial charge in [0.25, 0.3) is 0 Å². The van der Waals surface area contributed by atoms with Gasteiger partial charge in [0.2, 0.25) is 5.91 Å². The molecule has 1 aliphatic carbocycles. The molecule has 0 spiro atoms. The van der Waals surface area contributed by atoms with Crippen LogP contribution in [0.4, 0.5) is 4.39 Å². The average Bonchev–Trinajstić information content (AvgIpc) is 2.54. The van der Waals surface area contributed by atoms with Crippen LogP contribution in [-0.2, 0) is 17.6 Å². The zero-order valence-corrected chi connectivity index (χ0v) is 12.5. The van der Waals surface area contributed by atoms with Crippen LogP contribution in [0.15, 0.2) is 48.5 Å². The fourth-order valence-corrected chi connectivity index (χ4v) is 3.12. The van der Waals surface area contributed by atoms with E-state index in [1.165, 1.54) is 17.2 Å². The molecule has 0 heterocycles. The van der Waals surface area contributed by atoms with E-state index in [9.17, 15) is 9.18 Å². The summed E-state index contributed by atoms with van der Waals surface area (Å²) in [4.78, 5) is 12.2. The second-order valence-corrected chi connectivity index (χ2v) is 5.80. The summed E-state index contributed by atoms with van der Waals surface area (Å²) in [7, 11) is 0. The second-order valence-electron chi connectivity index (χ2n) is 5.80. The number of fused-ring (bicyclic) bond motifs is 1. The first-order chi connectivity index (χ1) is 10.7. The van der Waals surface area contributed by atoms with Gasteiger partial charge in [0.05, 0.1) is 6.04 Å². The Balaban J connectivity index is 1.60. The lowest BCUT2D eigenvalue weighted by molar-refractivity contribution is -0.121. The zero-order chi connectivity index (χ0) is 15.4. The van der Waals surface area contributed by atoms with E-state index >= 15 is 0 Å². The van der Waals surface area contributed by atoms with Gasteiger partial charge >= 0.3 is 0 Å². The molecule has 0 fully saturated rings. The molecule has 0 unspecified atom stereocenters. The fraction of sp³-hybridized carbons (Fsp3) is 0.316. The van der Waals surface area contributed by atoms with Gasteiger partial charge in [-0.1, -0.05) is 42.5 Å². The van der Waals surface area contributed by atoms with E-state index in [4.69, 9.17) is 0 Å². The molecule has 0 bridgehead atoms. The van der Waals surface area contributed by atoms with Gasteiger partial charge in [0.15, 0.2) is 0 Å². The Morgan fingerprint density at radius 2 is 1.91 bits per heavy atom. The van der Waals surface area contributed by atoms with Crippen LogP contribution in [0.3, 0.4) is 0 Å². The van der Waals surface area contributed by atoms with Gasteiger partial charge in [-0.3, -0.25) is 4.79 Å². The number of hydrogen-bond acceptors (Lipinski definition) is 1. The maximum atomic E-state index is 13.6. The third kappa shape index (κ3) is 3.35. The zero-order valence-electron chi connectivity index (χ0n) is 12.5. The minimum absolute atomic E-state index is 0.00930. The van der Waals surface area contributed by atoms with Crippen molar-refractivity contribution in [2.45, 2.75) is 38.1 Å². The van der Waals surface area contributed by atoms with E-state index < -0.39 is 0 Å². The summed E-state index contributed by atoms with van der Waals surface area (Å²) in [6.45, 7) is 0. The summed E-state index contributed by atoms with van der Waals surface area (Å²) < 4.78 is 13.6. The highest BCUT2D eigenvalue weighted by molar-refractivity contribution is 5.76. The standard InChI is InChI=1S/C19H20FNO/c20-17-10-4-2-7-15(17)12-13-19(22)21-18-11-5-8-14-6-1-3-9-16(14)18/h1-4,6-7,9-10,18H,5,8,11-13H2,(H,21,22)/t18-/m1/s1. The molecule has 0 saturated carbocycles. The maximum absolute atomic E-state index is 13.6. The van der Waals surface area contributed by atoms with E-state index in [0.717, 1.165) is 19.3 Å². The van der Waals surface area contributed by atoms with Gasteiger partial charge in [-0.05, 0) is 48.4 Å². The molecule has 1 amide bonds. The maximum Gasteiger partial charge on any atom is 0.220 e. The molecule has 1 aliphatic rings. The lowest BCUT2D eigenvalue weighted by Gasteiger charge is -2.26. The molecular formula is C19H20FNO. The van der Waals surface area contributed by atoms with Crippen molar-refractivity contribution in [2.24, 2.45) is 0 Å². The molecule has 2 aromatic rings. The van der Waals surface area contributed by atoms with Gasteiger partial charge in [0.1, 0.15) is 5.82 Å². The molecule has 22 heavy (non-hydrogen) atoms. The van der Waals surface area contributed by atoms with E-state index in [1.807, 2.05) is 12.1 Å². The minimum Gasteiger partial charge on any atom is -0.349 e. The molecule has 3 rings (SSSR count). The van der Waals surface area contributed by atoms with Crippen molar-refractivity contribution in [1.82, 2.24) is 5.32 Å². The van der Waals surface area contributed by atoms with E-state index in [0.29, 0.717) is 18.4 Å². The van der Waals surface area contributed by atoms with Crippen LogP contribution in [-0.4, -0.2) is 5.91 Å². The van der Waals surface area contributed by atoms with Crippen LogP contribution in [0, 0.1) is 5.82 Å². The first kappa shape index (κ1) is 14.8. The summed E-state index contributed by atoms with van der Waals surface area (Å²) in [6.07, 6.45) is 3.90. The van der Waals surface area contributed by atoms with Crippen molar-refractivity contribution < 1.29 is 9.18 Å². The summed E-state index contributed by atoms with van der Waals surface area (Å²) in [6, 6.07) is 15.0. The van der Waals surface area contributed by atoms with Crippen LogP contribution in [0.2, 0.25) is 0 Å². The SMILES string of the molecule is O=C(CCc1ccccc1F)N[C@@H]1CCCc2ccccc21. The Bertz CT molecular complexity index is 668. The molecule has 0 aliphatic heterocycles. The molecule has 0 saturated heterocycles. The Kier molecular flexibility index (Phi) is 4.52. The molecule has 3 heteroatoms. The molecular weight excluding hydrogens is 277 g/mol. The van der Waals surface area contributed by atoms with E-state index in [-0.39, 0.29) is 17.8 Å². The van der Waals surface area contributed by atoms with Crippen molar-refractivity contribution in [2.75, 3.05) is 0 Å². The smallest absolute Gasteiger partial charge is 0.220 e. The first-order valence-corrected chi connectivity index (χ1v) is 7.84. The van der Waals surface area contributed by atoms with Crippen molar-refractivity contribution in [1.29, 1.82) is 0 Å². The van der Waals surface area contributed by atoms with Crippen molar-refractivity contribution in [3.05, 3.63) is 71.0 Å². The van der Waals surface area contributed by atoms with Crippen LogP contribution < -0.4 is 5.32 Å². The fourth-order valence-electron chi connectivity index (χ4n) is 3.12. The topological polar surface area (TPSA) is 29.1 Å². The molecule has 0 radical (unpaired) electrons. The van der Waals surface area contributed by atoms with E-state index in [2.05, 4.69) is 17.4 Å². The van der Waals surface area contributed by atoms with Gasteiger partial charge in [0, 0.05) is 6.42 Å². The average molecular weight is 297 g/mol. The number of benzene rings is 2. The van der Waals surface area contributed by atoms with E-state index in [1.54, 1.807) is 18.2 Å². The number of halogens is 1. The lowest BCUT2D eigenvalue weighted by Crippen LogP contribution is -2.31. The first-order valence-electron chi connectivity index (χ1n) is 7.84. The summed E-state index contributed by atoms with van der Waals surface area (Å²) >= 11 is 0. The van der Waals surface area contributed by atoms with Gasteiger partial charge in [-0.2, -0.15) is 0 Å². The number of amides is 1. The third-order valence-electron chi connectivity index (χ3n) is 4.28. The number of nitrogens with one attached hydrogen (secondary N) is 1. The predicted octanol–water partition coefficient (Wildman–Crippen LogP) is 3.95. The van der Waals surface area contributed by atoms with Gasteiger partial charge < -0.3 is 5.32 Å². The number of aryl methyl sites for hydroxylation is 2. The van der Waals surface area contributed by atoms with Crippen molar-refractivity contribution in [3.63, 3.8) is 0 Å². The summed E-state index contributed by atoms with van der Waals surface area (Å²) in [5.41, 5.74) is 3.16. The molecule has 0 aromatic heterocycles. The highest BCUT2D eigenvalue weighted by Crippen LogP contribution is 2.29. The third-order valence-corrected chi connectivity index (χ3v) is 4.28. The van der Waals surface area contributed by atoms with Crippen LogP contribution in [0.1, 0.15) is 42.0 Å². The molecule has 114 valence electrons. The predicted molar refractivity (Wildman–Crippen MR) is 85.0 cm³/mol. The Morgan fingerprint density at radius 3 is 2.77 bits per heavy atom. The minimum atomic E-state index is -0.238. The second kappa shape index (κ2) is 6.73. The van der Waals surface area contributed by atoms with Crippen LogP contribution in [0.5, 0.6) is 0 Å². The number of hydrogen-bond donors (Lipinski definition) is 1. The van der Waals surface area contributed by atoms with Gasteiger partial charge in [-0.15, -0.1) is 0 Å². The summed E-state index contributed by atoms with van der Waals surface area (Å²) in [5.74, 6) is -0.247. The highest BCUT2D eigenvalue weighted by atomic mass is 19.1. The van der Waals surface area contributed by atoms with Crippen LogP contribution in [0.25, 0.3) is 0 Å². The Morgan fingerprint density at radius 1 is 1.14 bits per heavy atom. The number of carbonyl (C=O) groups is 1. The molecule has 2 aromatic carbocycles. The van der Waals surface area contributed by atoms with Crippen molar-refractivity contribution >= 4 is 5.91 Å². The van der Waals surface area contributed by atoms with Crippen molar-refractivity contribution in [3.8, 4) is 0 Å². The largest absolute Gasteiger partial charge is 0.349 e. The monoisotopic (exact) mass is 297 g/mol.